The molecule has 0 aliphatic rings. The van der Waals surface area contributed by atoms with Crippen LogP contribution in [-0.4, -0.2) is 37.2 Å². The molecule has 0 aliphatic carbocycles. The first-order valence-electron chi connectivity index (χ1n) is 26.8. The van der Waals surface area contributed by atoms with E-state index in [0.29, 0.717) is 19.3 Å². The van der Waals surface area contributed by atoms with Gasteiger partial charge in [0.2, 0.25) is 0 Å². The number of rotatable bonds is 48. The highest BCUT2D eigenvalue weighted by atomic mass is 16.6. The van der Waals surface area contributed by atoms with Gasteiger partial charge in [-0.1, -0.05) is 259 Å². The third-order valence-electron chi connectivity index (χ3n) is 12.9. The lowest BCUT2D eigenvalue weighted by atomic mass is 9.99. The van der Waals surface area contributed by atoms with Crippen LogP contribution in [0.1, 0.15) is 298 Å². The molecule has 0 aliphatic heterocycles. The summed E-state index contributed by atoms with van der Waals surface area (Å²) in [5, 5.41) is 0. The average Bonchev–Trinajstić information content (AvgIpc) is 3.25. The van der Waals surface area contributed by atoms with Gasteiger partial charge in [-0.3, -0.25) is 14.4 Å². The lowest BCUT2D eigenvalue weighted by Gasteiger charge is -2.18. The first-order valence-corrected chi connectivity index (χ1v) is 26.8. The minimum Gasteiger partial charge on any atom is -0.462 e. The summed E-state index contributed by atoms with van der Waals surface area (Å²) in [4.78, 5) is 38.0. The van der Waals surface area contributed by atoms with Gasteiger partial charge in [0, 0.05) is 19.3 Å². The molecule has 6 nitrogen and oxygen atoms in total. The van der Waals surface area contributed by atoms with Crippen molar-refractivity contribution in [3.8, 4) is 0 Å². The molecule has 0 spiro atoms. The molecule has 0 aromatic carbocycles. The molecule has 0 aromatic rings. The zero-order chi connectivity index (χ0) is 44.0. The van der Waals surface area contributed by atoms with Crippen LogP contribution < -0.4 is 0 Å². The van der Waals surface area contributed by atoms with E-state index in [-0.39, 0.29) is 31.1 Å². The molecule has 0 aromatic heterocycles. The molecule has 0 amide bonds. The topological polar surface area (TPSA) is 78.9 Å². The number of ether oxygens (including phenoxy) is 3. The number of unbranched alkanes of at least 4 members (excludes halogenated alkanes) is 31. The third-order valence-corrected chi connectivity index (χ3v) is 12.9. The molecule has 0 saturated heterocycles. The Morgan fingerprint density at radius 2 is 0.583 bits per heavy atom. The van der Waals surface area contributed by atoms with Crippen LogP contribution >= 0.6 is 0 Å². The second-order valence-electron chi connectivity index (χ2n) is 19.0. The molecule has 0 bridgehead atoms. The van der Waals surface area contributed by atoms with Gasteiger partial charge in [0.15, 0.2) is 6.10 Å². The van der Waals surface area contributed by atoms with Gasteiger partial charge in [-0.15, -0.1) is 0 Å². The molecule has 0 radical (unpaired) electrons. The van der Waals surface area contributed by atoms with Crippen LogP contribution in [0.25, 0.3) is 0 Å². The van der Waals surface area contributed by atoms with Crippen molar-refractivity contribution >= 4 is 17.9 Å². The maximum Gasteiger partial charge on any atom is 0.306 e. The van der Waals surface area contributed by atoms with E-state index in [0.717, 1.165) is 69.6 Å². The van der Waals surface area contributed by atoms with Crippen LogP contribution in [0.5, 0.6) is 0 Å². The Kier molecular flexibility index (Phi) is 45.7. The molecule has 0 heterocycles. The fourth-order valence-electron chi connectivity index (χ4n) is 8.10. The molecular formula is C54H104O6. The van der Waals surface area contributed by atoms with Crippen molar-refractivity contribution in [1.29, 1.82) is 0 Å². The first-order chi connectivity index (χ1) is 29.3. The number of carbonyl (C=O) groups excluding carboxylic acids is 3. The fraction of sp³-hybridized carbons (Fsp3) is 0.944. The Morgan fingerprint density at radius 3 is 0.867 bits per heavy atom. The molecule has 2 unspecified atom stereocenters. The van der Waals surface area contributed by atoms with Crippen LogP contribution in [0.4, 0.5) is 0 Å². The summed E-state index contributed by atoms with van der Waals surface area (Å²) in [6.45, 7) is 11.4. The molecule has 0 fully saturated rings. The summed E-state index contributed by atoms with van der Waals surface area (Å²) >= 11 is 0. The maximum absolute atomic E-state index is 12.8. The number of hydrogen-bond acceptors (Lipinski definition) is 6. The molecule has 356 valence electrons. The van der Waals surface area contributed by atoms with E-state index in [2.05, 4.69) is 34.6 Å². The van der Waals surface area contributed by atoms with Crippen molar-refractivity contribution < 1.29 is 28.6 Å². The average molecular weight is 849 g/mol. The van der Waals surface area contributed by atoms with Crippen molar-refractivity contribution in [1.82, 2.24) is 0 Å². The highest BCUT2D eigenvalue weighted by Gasteiger charge is 2.19. The Hall–Kier alpha value is -1.59. The second-order valence-corrected chi connectivity index (χ2v) is 19.0. The molecule has 0 rings (SSSR count). The van der Waals surface area contributed by atoms with E-state index in [4.69, 9.17) is 14.2 Å². The van der Waals surface area contributed by atoms with Crippen molar-refractivity contribution in [2.75, 3.05) is 13.2 Å². The Balaban J connectivity index is 4.27. The van der Waals surface area contributed by atoms with E-state index in [1.165, 1.54) is 186 Å². The molecule has 0 N–H and O–H groups in total. The lowest BCUT2D eigenvalue weighted by Crippen LogP contribution is -2.30. The molecular weight excluding hydrogens is 745 g/mol. The Labute approximate surface area is 374 Å². The van der Waals surface area contributed by atoms with Gasteiger partial charge >= 0.3 is 17.9 Å². The van der Waals surface area contributed by atoms with Crippen LogP contribution in [0, 0.1) is 11.8 Å². The predicted molar refractivity (Wildman–Crippen MR) is 256 cm³/mol. The summed E-state index contributed by atoms with van der Waals surface area (Å²) in [7, 11) is 0. The van der Waals surface area contributed by atoms with Crippen LogP contribution in [0.2, 0.25) is 0 Å². The summed E-state index contributed by atoms with van der Waals surface area (Å²) in [6, 6.07) is 0. The van der Waals surface area contributed by atoms with Gasteiger partial charge in [-0.05, 0) is 31.1 Å². The number of carbonyl (C=O) groups is 3. The fourth-order valence-corrected chi connectivity index (χ4v) is 8.10. The Morgan fingerprint density at radius 1 is 0.333 bits per heavy atom. The van der Waals surface area contributed by atoms with Crippen molar-refractivity contribution in [3.05, 3.63) is 0 Å². The summed E-state index contributed by atoms with van der Waals surface area (Å²) in [6.07, 6.45) is 48.0. The zero-order valence-electron chi connectivity index (χ0n) is 41.1. The summed E-state index contributed by atoms with van der Waals surface area (Å²) < 4.78 is 16.8. The van der Waals surface area contributed by atoms with Gasteiger partial charge in [-0.25, -0.2) is 0 Å². The zero-order valence-corrected chi connectivity index (χ0v) is 41.1. The van der Waals surface area contributed by atoms with E-state index < -0.39 is 6.10 Å². The molecule has 60 heavy (non-hydrogen) atoms. The molecule has 3 atom stereocenters. The van der Waals surface area contributed by atoms with Crippen LogP contribution in [0.3, 0.4) is 0 Å². The van der Waals surface area contributed by atoms with Crippen LogP contribution in [0.15, 0.2) is 0 Å². The van der Waals surface area contributed by atoms with E-state index in [1.807, 2.05) is 0 Å². The molecule has 0 saturated carbocycles. The largest absolute Gasteiger partial charge is 0.462 e. The summed E-state index contributed by atoms with van der Waals surface area (Å²) in [5.41, 5.74) is 0. The summed E-state index contributed by atoms with van der Waals surface area (Å²) in [5.74, 6) is 0.861. The smallest absolute Gasteiger partial charge is 0.306 e. The SMILES string of the molecule is CCCCCCCCCCCCCCCCC(=O)O[C@@H](COC(=O)CCCCCCCCCCCCCCCCC(C)CC)COC(=O)CCCCCCCCC(C)CC. The molecule has 6 heteroatoms. The Bertz CT molecular complexity index is 920. The number of hydrogen-bond donors (Lipinski definition) is 0. The highest BCUT2D eigenvalue weighted by Crippen LogP contribution is 2.18. The van der Waals surface area contributed by atoms with Crippen LogP contribution in [-0.2, 0) is 28.6 Å². The monoisotopic (exact) mass is 849 g/mol. The van der Waals surface area contributed by atoms with E-state index in [1.54, 1.807) is 0 Å². The normalized spacial score (nSPS) is 12.9. The van der Waals surface area contributed by atoms with Gasteiger partial charge in [0.1, 0.15) is 13.2 Å². The van der Waals surface area contributed by atoms with Crippen molar-refractivity contribution in [3.63, 3.8) is 0 Å². The van der Waals surface area contributed by atoms with E-state index >= 15 is 0 Å². The minimum absolute atomic E-state index is 0.0640. The quantitative estimate of drug-likeness (QED) is 0.0345. The third kappa shape index (κ3) is 44.5. The van der Waals surface area contributed by atoms with Gasteiger partial charge in [-0.2, -0.15) is 0 Å². The lowest BCUT2D eigenvalue weighted by molar-refractivity contribution is -0.167. The maximum atomic E-state index is 12.8. The second kappa shape index (κ2) is 46.9. The number of esters is 3. The first kappa shape index (κ1) is 58.4. The predicted octanol–water partition coefficient (Wildman–Crippen LogP) is 17.3. The minimum atomic E-state index is -0.762. The highest BCUT2D eigenvalue weighted by molar-refractivity contribution is 5.71. The van der Waals surface area contributed by atoms with Gasteiger partial charge < -0.3 is 14.2 Å². The standard InChI is InChI=1S/C54H104O6/c1-6-9-10-11-12-13-14-15-19-23-26-29-36-41-46-54(57)60-51(48-59-53(56)45-40-35-31-30-33-38-43-50(5)8-3)47-58-52(55)44-39-34-28-25-22-20-17-16-18-21-24-27-32-37-42-49(4)7-2/h49-51H,6-48H2,1-5H3/t49?,50?,51-/m0/s1. The van der Waals surface area contributed by atoms with Gasteiger partial charge in [0.05, 0.1) is 0 Å². The van der Waals surface area contributed by atoms with Crippen molar-refractivity contribution in [2.24, 2.45) is 11.8 Å². The van der Waals surface area contributed by atoms with Gasteiger partial charge in [0.25, 0.3) is 0 Å². The van der Waals surface area contributed by atoms with E-state index in [9.17, 15) is 14.4 Å². The van der Waals surface area contributed by atoms with Crippen molar-refractivity contribution in [2.45, 2.75) is 304 Å².